The van der Waals surface area contributed by atoms with Crippen molar-refractivity contribution < 1.29 is 4.79 Å². The van der Waals surface area contributed by atoms with Gasteiger partial charge in [-0.25, -0.2) is 9.97 Å². The van der Waals surface area contributed by atoms with E-state index < -0.39 is 0 Å². The summed E-state index contributed by atoms with van der Waals surface area (Å²) in [5.41, 5.74) is 2.99. The van der Waals surface area contributed by atoms with Crippen molar-refractivity contribution in [3.63, 3.8) is 0 Å². The van der Waals surface area contributed by atoms with Crippen molar-refractivity contribution in [2.75, 3.05) is 19.6 Å². The molecule has 1 N–H and O–H groups in total. The molecule has 3 aliphatic rings. The first-order valence-electron chi connectivity index (χ1n) is 10.7. The minimum atomic E-state index is -0.335. The lowest BCUT2D eigenvalue weighted by Gasteiger charge is -2.50. The predicted octanol–water partition coefficient (Wildman–Crippen LogP) is 3.79. The summed E-state index contributed by atoms with van der Waals surface area (Å²) in [6.07, 6.45) is 2.33. The van der Waals surface area contributed by atoms with Crippen LogP contribution in [0.3, 0.4) is 0 Å². The summed E-state index contributed by atoms with van der Waals surface area (Å²) in [5.74, 6) is 2.04. The van der Waals surface area contributed by atoms with E-state index in [9.17, 15) is 4.79 Å². The van der Waals surface area contributed by atoms with Crippen LogP contribution in [0.25, 0.3) is 11.3 Å². The van der Waals surface area contributed by atoms with Crippen LogP contribution in [0, 0.1) is 18.3 Å². The SMILES string of the molecule is Cc1nc(-c2ccccc2)cc(C2CN3CCC2CC3CNC(=O)C(C)(C)C)n1. The highest BCUT2D eigenvalue weighted by atomic mass is 16.2. The molecule has 154 valence electrons. The highest BCUT2D eigenvalue weighted by Gasteiger charge is 2.41. The highest BCUT2D eigenvalue weighted by molar-refractivity contribution is 5.81. The maximum Gasteiger partial charge on any atom is 0.225 e. The Morgan fingerprint density at radius 3 is 2.62 bits per heavy atom. The number of nitrogens with one attached hydrogen (secondary N) is 1. The van der Waals surface area contributed by atoms with Crippen LogP contribution in [-0.4, -0.2) is 46.5 Å². The molecule has 0 saturated carbocycles. The molecule has 5 nitrogen and oxygen atoms in total. The highest BCUT2D eigenvalue weighted by Crippen LogP contribution is 2.41. The molecule has 5 rings (SSSR count). The number of carbonyl (C=O) groups excluding carboxylic acids is 1. The van der Waals surface area contributed by atoms with E-state index in [1.807, 2.05) is 33.8 Å². The van der Waals surface area contributed by atoms with Crippen LogP contribution in [0.15, 0.2) is 36.4 Å². The average Bonchev–Trinajstić information content (AvgIpc) is 2.72. The molecular weight excluding hydrogens is 360 g/mol. The molecular formula is C24H32N4O. The molecule has 3 saturated heterocycles. The molecule has 0 aliphatic carbocycles. The van der Waals surface area contributed by atoms with E-state index in [-0.39, 0.29) is 11.3 Å². The number of nitrogens with zero attached hydrogens (tertiary/aromatic N) is 3. The Labute approximate surface area is 173 Å². The first kappa shape index (κ1) is 20.0. The maximum atomic E-state index is 12.3. The standard InChI is InChI=1S/C24H32N4O/c1-16-26-21(17-8-6-5-7-9-17)13-22(27-16)20-15-28-11-10-18(20)12-19(28)14-25-23(29)24(2,3)4/h5-9,13,18-20H,10-12,14-15H2,1-4H3,(H,25,29). The molecule has 3 aliphatic heterocycles. The quantitative estimate of drug-likeness (QED) is 0.860. The largest absolute Gasteiger partial charge is 0.354 e. The van der Waals surface area contributed by atoms with Crippen molar-refractivity contribution in [3.05, 3.63) is 47.9 Å². The molecule has 1 amide bonds. The van der Waals surface area contributed by atoms with Crippen LogP contribution in [0.2, 0.25) is 0 Å². The molecule has 1 aromatic heterocycles. The number of hydrogen-bond donors (Lipinski definition) is 1. The number of benzene rings is 1. The van der Waals surface area contributed by atoms with Crippen LogP contribution in [0.4, 0.5) is 0 Å². The zero-order valence-electron chi connectivity index (χ0n) is 18.0. The second kappa shape index (κ2) is 7.86. The Morgan fingerprint density at radius 2 is 1.97 bits per heavy atom. The monoisotopic (exact) mass is 392 g/mol. The molecule has 2 aromatic rings. The zero-order valence-corrected chi connectivity index (χ0v) is 18.0. The van der Waals surface area contributed by atoms with Crippen molar-refractivity contribution >= 4 is 5.91 Å². The van der Waals surface area contributed by atoms with Crippen molar-refractivity contribution in [3.8, 4) is 11.3 Å². The second-order valence-corrected chi connectivity index (χ2v) is 9.59. The van der Waals surface area contributed by atoms with Gasteiger partial charge in [-0.1, -0.05) is 51.1 Å². The molecule has 0 radical (unpaired) electrons. The van der Waals surface area contributed by atoms with E-state index in [4.69, 9.17) is 4.98 Å². The summed E-state index contributed by atoms with van der Waals surface area (Å²) in [5, 5.41) is 3.17. The number of aryl methyl sites for hydroxylation is 1. The van der Waals surface area contributed by atoms with Gasteiger partial charge in [-0.15, -0.1) is 0 Å². The van der Waals surface area contributed by atoms with Gasteiger partial charge in [0.15, 0.2) is 0 Å². The fourth-order valence-corrected chi connectivity index (χ4v) is 4.70. The zero-order chi connectivity index (χ0) is 20.6. The van der Waals surface area contributed by atoms with Gasteiger partial charge in [0, 0.05) is 41.7 Å². The van der Waals surface area contributed by atoms with Gasteiger partial charge >= 0.3 is 0 Å². The normalized spacial score (nSPS) is 26.3. The Bertz CT molecular complexity index is 874. The molecule has 0 spiro atoms. The molecule has 4 atom stereocenters. The van der Waals surface area contributed by atoms with Crippen molar-refractivity contribution in [2.45, 2.75) is 52.5 Å². The van der Waals surface area contributed by atoms with Crippen LogP contribution >= 0.6 is 0 Å². The van der Waals surface area contributed by atoms with E-state index >= 15 is 0 Å². The van der Waals surface area contributed by atoms with Gasteiger partial charge < -0.3 is 5.32 Å². The van der Waals surface area contributed by atoms with E-state index in [1.165, 1.54) is 12.1 Å². The van der Waals surface area contributed by atoms with Gasteiger partial charge in [0.1, 0.15) is 5.82 Å². The fraction of sp³-hybridized carbons (Fsp3) is 0.542. The Balaban J connectivity index is 1.48. The molecule has 4 heterocycles. The lowest BCUT2D eigenvalue weighted by molar-refractivity contribution is -0.129. The van der Waals surface area contributed by atoms with Crippen LogP contribution in [0.1, 0.15) is 51.0 Å². The van der Waals surface area contributed by atoms with Crippen LogP contribution < -0.4 is 5.32 Å². The Hall–Kier alpha value is -2.27. The lowest BCUT2D eigenvalue weighted by Crippen LogP contribution is -2.56. The summed E-state index contributed by atoms with van der Waals surface area (Å²) in [4.78, 5) is 24.3. The van der Waals surface area contributed by atoms with E-state index in [2.05, 4.69) is 45.5 Å². The number of amides is 1. The summed E-state index contributed by atoms with van der Waals surface area (Å²) in [6, 6.07) is 13.0. The topological polar surface area (TPSA) is 58.1 Å². The number of hydrogen-bond acceptors (Lipinski definition) is 4. The van der Waals surface area contributed by atoms with Gasteiger partial charge in [-0.05, 0) is 38.3 Å². The van der Waals surface area contributed by atoms with Crippen molar-refractivity contribution in [1.82, 2.24) is 20.2 Å². The third-order valence-electron chi connectivity index (χ3n) is 6.37. The molecule has 4 unspecified atom stereocenters. The molecule has 3 fully saturated rings. The van der Waals surface area contributed by atoms with Gasteiger partial charge in [-0.3, -0.25) is 9.69 Å². The predicted molar refractivity (Wildman–Crippen MR) is 115 cm³/mol. The maximum absolute atomic E-state index is 12.3. The van der Waals surface area contributed by atoms with Crippen molar-refractivity contribution in [1.29, 1.82) is 0 Å². The summed E-state index contributed by atoms with van der Waals surface area (Å²) >= 11 is 0. The van der Waals surface area contributed by atoms with Gasteiger partial charge in [-0.2, -0.15) is 0 Å². The van der Waals surface area contributed by atoms with E-state index in [1.54, 1.807) is 0 Å². The van der Waals surface area contributed by atoms with Gasteiger partial charge in [0.25, 0.3) is 0 Å². The molecule has 1 aromatic carbocycles. The smallest absolute Gasteiger partial charge is 0.225 e. The Kier molecular flexibility index (Phi) is 5.43. The number of aromatic nitrogens is 2. The summed E-state index contributed by atoms with van der Waals surface area (Å²) in [7, 11) is 0. The minimum absolute atomic E-state index is 0.135. The first-order chi connectivity index (χ1) is 13.8. The number of fused-ring (bicyclic) bond motifs is 3. The molecule has 29 heavy (non-hydrogen) atoms. The Morgan fingerprint density at radius 1 is 1.21 bits per heavy atom. The summed E-state index contributed by atoms with van der Waals surface area (Å²) < 4.78 is 0. The number of rotatable bonds is 4. The third kappa shape index (κ3) is 4.35. The van der Waals surface area contributed by atoms with Crippen LogP contribution in [0.5, 0.6) is 0 Å². The van der Waals surface area contributed by atoms with Crippen LogP contribution in [-0.2, 0) is 4.79 Å². The molecule has 2 bridgehead atoms. The van der Waals surface area contributed by atoms with Gasteiger partial charge in [0.2, 0.25) is 5.91 Å². The third-order valence-corrected chi connectivity index (χ3v) is 6.37. The average molecular weight is 393 g/mol. The number of piperidine rings is 3. The van der Waals surface area contributed by atoms with Crippen molar-refractivity contribution in [2.24, 2.45) is 11.3 Å². The van der Waals surface area contributed by atoms with Gasteiger partial charge in [0.05, 0.1) is 5.69 Å². The summed E-state index contributed by atoms with van der Waals surface area (Å²) in [6.45, 7) is 10.8. The second-order valence-electron chi connectivity index (χ2n) is 9.59. The minimum Gasteiger partial charge on any atom is -0.354 e. The number of carbonyl (C=O) groups is 1. The van der Waals surface area contributed by atoms with E-state index in [0.717, 1.165) is 43.1 Å². The van der Waals surface area contributed by atoms with E-state index in [0.29, 0.717) is 17.9 Å². The first-order valence-corrected chi connectivity index (χ1v) is 10.7. The lowest BCUT2D eigenvalue weighted by atomic mass is 9.74. The fourth-order valence-electron chi connectivity index (χ4n) is 4.70. The molecule has 5 heteroatoms.